The van der Waals surface area contributed by atoms with Crippen LogP contribution in [0.3, 0.4) is 0 Å². The van der Waals surface area contributed by atoms with Gasteiger partial charge in [0.25, 0.3) is 0 Å². The zero-order chi connectivity index (χ0) is 22.2. The third-order valence-corrected chi connectivity index (χ3v) is 6.15. The van der Waals surface area contributed by atoms with E-state index in [4.69, 9.17) is 0 Å². The lowest BCUT2D eigenvalue weighted by atomic mass is 10.1. The molecule has 0 spiro atoms. The Morgan fingerprint density at radius 2 is 1.53 bits per heavy atom. The van der Waals surface area contributed by atoms with Gasteiger partial charge in [-0.05, 0) is 31.0 Å². The van der Waals surface area contributed by atoms with E-state index >= 15 is 0 Å². The van der Waals surface area contributed by atoms with Gasteiger partial charge in [0.2, 0.25) is 5.91 Å². The number of carbonyl (C=O) groups is 1. The van der Waals surface area contributed by atoms with Crippen molar-refractivity contribution in [3.8, 4) is 17.1 Å². The molecule has 1 aromatic heterocycles. The Morgan fingerprint density at radius 1 is 0.906 bits per heavy atom. The number of aromatic nitrogens is 3. The van der Waals surface area contributed by atoms with E-state index in [2.05, 4.69) is 32.2 Å². The number of carbonyl (C=O) groups excluding carboxylic acids is 1. The Morgan fingerprint density at radius 3 is 2.22 bits per heavy atom. The van der Waals surface area contributed by atoms with Gasteiger partial charge in [-0.3, -0.25) is 9.36 Å². The van der Waals surface area contributed by atoms with Crippen molar-refractivity contribution in [2.45, 2.75) is 31.0 Å². The molecule has 5 nitrogen and oxygen atoms in total. The average molecular weight is 443 g/mol. The normalized spacial score (nSPS) is 11.8. The van der Waals surface area contributed by atoms with E-state index in [0.29, 0.717) is 6.42 Å². The molecule has 1 unspecified atom stereocenters. The van der Waals surface area contributed by atoms with Gasteiger partial charge >= 0.3 is 0 Å². The molecular formula is C26H26N4OS. The lowest BCUT2D eigenvalue weighted by Gasteiger charge is -2.14. The molecule has 1 amide bonds. The first-order valence-corrected chi connectivity index (χ1v) is 11.7. The minimum atomic E-state index is 0.00552. The molecule has 0 bridgehead atoms. The predicted octanol–water partition coefficient (Wildman–Crippen LogP) is 5.68. The maximum absolute atomic E-state index is 12.4. The Hall–Kier alpha value is -3.38. The summed E-state index contributed by atoms with van der Waals surface area (Å²) in [5, 5.41) is 12.8. The number of hydrogen-bond donors (Lipinski definition) is 1. The fourth-order valence-corrected chi connectivity index (χ4v) is 4.37. The summed E-state index contributed by atoms with van der Waals surface area (Å²) in [7, 11) is 0. The van der Waals surface area contributed by atoms with Gasteiger partial charge in [0.1, 0.15) is 0 Å². The van der Waals surface area contributed by atoms with Crippen LogP contribution in [0.5, 0.6) is 0 Å². The first-order valence-electron chi connectivity index (χ1n) is 10.8. The first kappa shape index (κ1) is 21.8. The number of benzene rings is 3. The lowest BCUT2D eigenvalue weighted by molar-refractivity contribution is -0.121. The van der Waals surface area contributed by atoms with Crippen LogP contribution in [0.1, 0.15) is 31.4 Å². The molecule has 0 saturated carbocycles. The van der Waals surface area contributed by atoms with Gasteiger partial charge < -0.3 is 5.32 Å². The standard InChI is InChI=1S/C26H26N4OS/c1-20(21-12-5-2-6-13-21)27-24(31)18-11-19-32-26-29-28-25(22-14-7-3-8-15-22)30(26)23-16-9-4-10-17-23/h2-10,12-17,20H,11,18-19H2,1H3,(H,27,31). The summed E-state index contributed by atoms with van der Waals surface area (Å²) in [6, 6.07) is 30.2. The average Bonchev–Trinajstić information content (AvgIpc) is 3.27. The van der Waals surface area contributed by atoms with Crippen molar-refractivity contribution >= 4 is 17.7 Å². The van der Waals surface area contributed by atoms with Crippen LogP contribution in [0.25, 0.3) is 17.1 Å². The Balaban J connectivity index is 1.38. The Bertz CT molecular complexity index is 1130. The lowest BCUT2D eigenvalue weighted by Crippen LogP contribution is -2.26. The highest BCUT2D eigenvalue weighted by Gasteiger charge is 2.16. The summed E-state index contributed by atoms with van der Waals surface area (Å²) >= 11 is 1.62. The van der Waals surface area contributed by atoms with E-state index in [1.54, 1.807) is 11.8 Å². The van der Waals surface area contributed by atoms with Crippen molar-refractivity contribution in [2.24, 2.45) is 0 Å². The van der Waals surface area contributed by atoms with Crippen molar-refractivity contribution in [3.63, 3.8) is 0 Å². The van der Waals surface area contributed by atoms with Crippen molar-refractivity contribution in [2.75, 3.05) is 5.75 Å². The summed E-state index contributed by atoms with van der Waals surface area (Å²) in [5.41, 5.74) is 3.15. The van der Waals surface area contributed by atoms with E-state index in [0.717, 1.165) is 40.0 Å². The van der Waals surface area contributed by atoms with E-state index < -0.39 is 0 Å². The number of rotatable bonds is 9. The van der Waals surface area contributed by atoms with Crippen LogP contribution in [0.2, 0.25) is 0 Å². The van der Waals surface area contributed by atoms with Crippen LogP contribution in [0.4, 0.5) is 0 Å². The van der Waals surface area contributed by atoms with Crippen LogP contribution >= 0.6 is 11.8 Å². The van der Waals surface area contributed by atoms with E-state index in [9.17, 15) is 4.79 Å². The van der Waals surface area contributed by atoms with Crippen molar-refractivity contribution in [1.82, 2.24) is 20.1 Å². The number of para-hydroxylation sites is 1. The Labute approximate surface area is 192 Å². The zero-order valence-corrected chi connectivity index (χ0v) is 18.8. The molecule has 6 heteroatoms. The molecule has 4 rings (SSSR count). The van der Waals surface area contributed by atoms with Gasteiger partial charge in [-0.25, -0.2) is 0 Å². The monoisotopic (exact) mass is 442 g/mol. The molecule has 4 aromatic rings. The van der Waals surface area contributed by atoms with Crippen molar-refractivity contribution in [1.29, 1.82) is 0 Å². The number of nitrogens with zero attached hydrogens (tertiary/aromatic N) is 3. The second-order valence-corrected chi connectivity index (χ2v) is 8.56. The van der Waals surface area contributed by atoms with Gasteiger partial charge in [-0.15, -0.1) is 10.2 Å². The molecule has 0 aliphatic carbocycles. The second kappa shape index (κ2) is 10.8. The highest BCUT2D eigenvalue weighted by molar-refractivity contribution is 7.99. The van der Waals surface area contributed by atoms with Gasteiger partial charge in [0.05, 0.1) is 6.04 Å². The topological polar surface area (TPSA) is 59.8 Å². The molecule has 1 N–H and O–H groups in total. The van der Waals surface area contributed by atoms with E-state index in [1.807, 2.05) is 85.8 Å². The summed E-state index contributed by atoms with van der Waals surface area (Å²) in [6.45, 7) is 2.01. The van der Waals surface area contributed by atoms with Gasteiger partial charge in [-0.1, -0.05) is 90.6 Å². The van der Waals surface area contributed by atoms with Crippen LogP contribution in [0.15, 0.2) is 96.2 Å². The molecule has 0 radical (unpaired) electrons. The number of thioether (sulfide) groups is 1. The maximum Gasteiger partial charge on any atom is 0.220 e. The van der Waals surface area contributed by atoms with Crippen molar-refractivity contribution in [3.05, 3.63) is 96.6 Å². The number of hydrogen-bond acceptors (Lipinski definition) is 4. The molecule has 3 aromatic carbocycles. The molecule has 162 valence electrons. The van der Waals surface area contributed by atoms with Crippen LogP contribution in [-0.4, -0.2) is 26.4 Å². The van der Waals surface area contributed by atoms with Gasteiger partial charge in [0.15, 0.2) is 11.0 Å². The summed E-state index contributed by atoms with van der Waals surface area (Å²) in [5.74, 6) is 1.66. The molecule has 1 heterocycles. The molecule has 0 aliphatic rings. The van der Waals surface area contributed by atoms with Crippen molar-refractivity contribution < 1.29 is 4.79 Å². The molecule has 1 atom stereocenters. The third-order valence-electron chi connectivity index (χ3n) is 5.14. The van der Waals surface area contributed by atoms with Gasteiger partial charge in [0, 0.05) is 23.4 Å². The first-order chi connectivity index (χ1) is 15.7. The van der Waals surface area contributed by atoms with Crippen LogP contribution < -0.4 is 5.32 Å². The highest BCUT2D eigenvalue weighted by atomic mass is 32.2. The summed E-state index contributed by atoms with van der Waals surface area (Å²) in [6.07, 6.45) is 1.25. The summed E-state index contributed by atoms with van der Waals surface area (Å²) < 4.78 is 2.08. The number of amides is 1. The van der Waals surface area contributed by atoms with Crippen LogP contribution in [-0.2, 0) is 4.79 Å². The molecule has 32 heavy (non-hydrogen) atoms. The second-order valence-electron chi connectivity index (χ2n) is 7.50. The molecule has 0 fully saturated rings. The minimum Gasteiger partial charge on any atom is -0.350 e. The molecule has 0 aliphatic heterocycles. The van der Waals surface area contributed by atoms with E-state index in [1.165, 1.54) is 0 Å². The van der Waals surface area contributed by atoms with Crippen LogP contribution in [0, 0.1) is 0 Å². The Kier molecular flexibility index (Phi) is 7.35. The highest BCUT2D eigenvalue weighted by Crippen LogP contribution is 2.28. The quantitative estimate of drug-likeness (QED) is 0.267. The summed E-state index contributed by atoms with van der Waals surface area (Å²) in [4.78, 5) is 12.4. The largest absolute Gasteiger partial charge is 0.350 e. The third kappa shape index (κ3) is 5.45. The van der Waals surface area contributed by atoms with E-state index in [-0.39, 0.29) is 11.9 Å². The van der Waals surface area contributed by atoms with Gasteiger partial charge in [-0.2, -0.15) is 0 Å². The predicted molar refractivity (Wildman–Crippen MR) is 130 cm³/mol. The molecule has 0 saturated heterocycles. The fraction of sp³-hybridized carbons (Fsp3) is 0.192. The SMILES string of the molecule is CC(NC(=O)CCCSc1nnc(-c2ccccc2)n1-c1ccccc1)c1ccccc1. The smallest absolute Gasteiger partial charge is 0.220 e. The molecular weight excluding hydrogens is 416 g/mol. The fourth-order valence-electron chi connectivity index (χ4n) is 3.48. The maximum atomic E-state index is 12.4. The minimum absolute atomic E-state index is 0.00552. The number of nitrogens with one attached hydrogen (secondary N) is 1. The zero-order valence-electron chi connectivity index (χ0n) is 18.0.